The number of hydrogen-bond donors (Lipinski definition) is 1. The van der Waals surface area contributed by atoms with Crippen molar-refractivity contribution in [3.05, 3.63) is 45.8 Å². The Morgan fingerprint density at radius 2 is 2.25 bits per heavy atom. The van der Waals surface area contributed by atoms with Crippen molar-refractivity contribution in [3.63, 3.8) is 0 Å². The van der Waals surface area contributed by atoms with E-state index in [2.05, 4.69) is 5.32 Å². The van der Waals surface area contributed by atoms with Crippen LogP contribution in [0.4, 0.5) is 10.1 Å². The summed E-state index contributed by atoms with van der Waals surface area (Å²) >= 11 is 0. The van der Waals surface area contributed by atoms with E-state index in [9.17, 15) is 14.5 Å². The van der Waals surface area contributed by atoms with Crippen LogP contribution in [0.5, 0.6) is 0 Å². The molecule has 0 saturated heterocycles. The van der Waals surface area contributed by atoms with Crippen LogP contribution in [0.3, 0.4) is 0 Å². The van der Waals surface area contributed by atoms with E-state index in [0.717, 1.165) is 36.7 Å². The van der Waals surface area contributed by atoms with Crippen LogP contribution in [-0.4, -0.2) is 18.0 Å². The van der Waals surface area contributed by atoms with Crippen molar-refractivity contribution in [2.45, 2.75) is 6.42 Å². The summed E-state index contributed by atoms with van der Waals surface area (Å²) in [5, 5.41) is 13.7. The van der Waals surface area contributed by atoms with Crippen molar-refractivity contribution in [1.29, 1.82) is 0 Å². The summed E-state index contributed by atoms with van der Waals surface area (Å²) in [5.41, 5.74) is 1.30. The number of nitrogens with zero attached hydrogens (tertiary/aromatic N) is 1. The molecule has 0 saturated carbocycles. The summed E-state index contributed by atoms with van der Waals surface area (Å²) in [7, 11) is 0. The fourth-order valence-corrected chi connectivity index (χ4v) is 1.74. The number of hydrogen-bond acceptors (Lipinski definition) is 3. The molecule has 0 bridgehead atoms. The Kier molecular flexibility index (Phi) is 2.96. The van der Waals surface area contributed by atoms with E-state index in [1.165, 1.54) is 6.07 Å². The van der Waals surface area contributed by atoms with Gasteiger partial charge in [0, 0.05) is 12.6 Å². The molecule has 16 heavy (non-hydrogen) atoms. The van der Waals surface area contributed by atoms with E-state index in [-0.39, 0.29) is 0 Å². The van der Waals surface area contributed by atoms with Crippen LogP contribution in [0.1, 0.15) is 12.0 Å². The molecule has 0 radical (unpaired) electrons. The highest BCUT2D eigenvalue weighted by Crippen LogP contribution is 2.25. The van der Waals surface area contributed by atoms with Gasteiger partial charge in [-0.15, -0.1) is 0 Å². The summed E-state index contributed by atoms with van der Waals surface area (Å²) in [5.74, 6) is -0.789. The van der Waals surface area contributed by atoms with E-state index in [1.807, 2.05) is 6.08 Å². The van der Waals surface area contributed by atoms with Gasteiger partial charge in [0.15, 0.2) is 0 Å². The van der Waals surface area contributed by atoms with Crippen molar-refractivity contribution >= 4 is 11.3 Å². The van der Waals surface area contributed by atoms with Gasteiger partial charge in [-0.1, -0.05) is 12.1 Å². The van der Waals surface area contributed by atoms with Crippen LogP contribution >= 0.6 is 0 Å². The summed E-state index contributed by atoms with van der Waals surface area (Å²) in [6, 6.07) is 4.03. The highest BCUT2D eigenvalue weighted by Gasteiger charge is 2.16. The molecule has 1 N–H and O–H groups in total. The minimum atomic E-state index is -0.789. The van der Waals surface area contributed by atoms with E-state index in [0.29, 0.717) is 0 Å². The van der Waals surface area contributed by atoms with Crippen LogP contribution in [0.15, 0.2) is 24.3 Å². The van der Waals surface area contributed by atoms with Gasteiger partial charge in [-0.05, 0) is 30.2 Å². The average molecular weight is 222 g/mol. The zero-order valence-corrected chi connectivity index (χ0v) is 8.57. The Morgan fingerprint density at radius 1 is 1.44 bits per heavy atom. The van der Waals surface area contributed by atoms with Crippen molar-refractivity contribution in [2.75, 3.05) is 13.1 Å². The van der Waals surface area contributed by atoms with Crippen molar-refractivity contribution in [2.24, 2.45) is 0 Å². The van der Waals surface area contributed by atoms with Gasteiger partial charge in [-0.2, -0.15) is 4.39 Å². The highest BCUT2D eigenvalue weighted by atomic mass is 19.1. The normalized spacial score (nSPS) is 15.7. The second-order valence-electron chi connectivity index (χ2n) is 3.61. The Bertz CT molecular complexity index is 457. The quantitative estimate of drug-likeness (QED) is 0.616. The molecule has 0 atom stereocenters. The maximum Gasteiger partial charge on any atom is 0.305 e. The van der Waals surface area contributed by atoms with Gasteiger partial charge in [-0.25, -0.2) is 0 Å². The van der Waals surface area contributed by atoms with Crippen LogP contribution in [-0.2, 0) is 0 Å². The first-order valence-corrected chi connectivity index (χ1v) is 5.02. The first-order valence-electron chi connectivity index (χ1n) is 5.02. The van der Waals surface area contributed by atoms with E-state index < -0.39 is 16.4 Å². The van der Waals surface area contributed by atoms with Gasteiger partial charge in [0.05, 0.1) is 4.92 Å². The van der Waals surface area contributed by atoms with Gasteiger partial charge in [0.2, 0.25) is 5.82 Å². The fraction of sp³-hybridized carbons (Fsp3) is 0.273. The lowest BCUT2D eigenvalue weighted by Crippen LogP contribution is -2.20. The summed E-state index contributed by atoms with van der Waals surface area (Å²) in [6.45, 7) is 1.59. The molecule has 1 aromatic rings. The average Bonchev–Trinajstić information content (AvgIpc) is 2.30. The van der Waals surface area contributed by atoms with Crippen LogP contribution in [0, 0.1) is 15.9 Å². The van der Waals surface area contributed by atoms with Crippen LogP contribution in [0.25, 0.3) is 5.57 Å². The summed E-state index contributed by atoms with van der Waals surface area (Å²) in [4.78, 5) is 9.90. The molecule has 4 nitrogen and oxygen atoms in total. The number of nitro groups is 1. The lowest BCUT2D eigenvalue weighted by molar-refractivity contribution is -0.387. The van der Waals surface area contributed by atoms with Crippen molar-refractivity contribution in [3.8, 4) is 0 Å². The maximum absolute atomic E-state index is 13.1. The lowest BCUT2D eigenvalue weighted by atomic mass is 10.00. The van der Waals surface area contributed by atoms with Gasteiger partial charge < -0.3 is 5.32 Å². The Labute approximate surface area is 91.9 Å². The van der Waals surface area contributed by atoms with Gasteiger partial charge in [0.1, 0.15) is 0 Å². The summed E-state index contributed by atoms with van der Waals surface area (Å²) in [6.07, 6.45) is 2.78. The largest absolute Gasteiger partial charge is 0.313 e. The molecule has 1 heterocycles. The molecule has 0 spiro atoms. The number of rotatable bonds is 2. The van der Waals surface area contributed by atoms with Crippen molar-refractivity contribution in [1.82, 2.24) is 5.32 Å². The third kappa shape index (κ3) is 2.09. The summed E-state index contributed by atoms with van der Waals surface area (Å²) < 4.78 is 13.1. The van der Waals surface area contributed by atoms with Crippen LogP contribution < -0.4 is 5.32 Å². The third-order valence-electron chi connectivity index (χ3n) is 2.58. The standard InChI is InChI=1S/C11H11FN2O2/c12-10-2-1-9(7-11(10)14(15)16)8-3-5-13-6-4-8/h1-3,7,13H,4-6H2. The first kappa shape index (κ1) is 10.8. The SMILES string of the molecule is O=[N+]([O-])c1cc(C2=CCNCC2)ccc1F. The van der Waals surface area contributed by atoms with E-state index in [1.54, 1.807) is 6.07 Å². The number of nitro benzene ring substituents is 1. The number of nitrogens with one attached hydrogen (secondary N) is 1. The first-order chi connectivity index (χ1) is 7.68. The molecular formula is C11H11FN2O2. The predicted molar refractivity (Wildman–Crippen MR) is 58.5 cm³/mol. The van der Waals surface area contributed by atoms with Gasteiger partial charge in [-0.3, -0.25) is 10.1 Å². The van der Waals surface area contributed by atoms with Crippen LogP contribution in [0.2, 0.25) is 0 Å². The molecule has 0 aliphatic carbocycles. The minimum Gasteiger partial charge on any atom is -0.313 e. The molecule has 1 aliphatic rings. The van der Waals surface area contributed by atoms with Crippen molar-refractivity contribution < 1.29 is 9.31 Å². The minimum absolute atomic E-state index is 0.461. The molecule has 0 unspecified atom stereocenters. The molecule has 1 aromatic carbocycles. The molecular weight excluding hydrogens is 211 g/mol. The Morgan fingerprint density at radius 3 is 2.88 bits per heavy atom. The maximum atomic E-state index is 13.1. The van der Waals surface area contributed by atoms with E-state index in [4.69, 9.17) is 0 Å². The molecule has 1 aliphatic heterocycles. The Hall–Kier alpha value is -1.75. The van der Waals surface area contributed by atoms with E-state index >= 15 is 0 Å². The highest BCUT2D eigenvalue weighted by molar-refractivity contribution is 5.68. The zero-order chi connectivity index (χ0) is 11.5. The fourth-order valence-electron chi connectivity index (χ4n) is 1.74. The molecule has 5 heteroatoms. The Balaban J connectivity index is 2.39. The smallest absolute Gasteiger partial charge is 0.305 e. The molecule has 0 fully saturated rings. The lowest BCUT2D eigenvalue weighted by Gasteiger charge is -2.13. The third-order valence-corrected chi connectivity index (χ3v) is 2.58. The second-order valence-corrected chi connectivity index (χ2v) is 3.61. The van der Waals surface area contributed by atoms with Gasteiger partial charge >= 0.3 is 5.69 Å². The topological polar surface area (TPSA) is 55.2 Å². The predicted octanol–water partition coefficient (Wildman–Crippen LogP) is 2.11. The molecule has 0 aromatic heterocycles. The molecule has 0 amide bonds. The number of halogens is 1. The zero-order valence-electron chi connectivity index (χ0n) is 8.57. The van der Waals surface area contributed by atoms with Gasteiger partial charge in [0.25, 0.3) is 0 Å². The second kappa shape index (κ2) is 4.40. The number of benzene rings is 1. The molecule has 2 rings (SSSR count). The molecule has 84 valence electrons. The monoisotopic (exact) mass is 222 g/mol.